The first-order valence-corrected chi connectivity index (χ1v) is 14.0. The van der Waals surface area contributed by atoms with Gasteiger partial charge in [-0.15, -0.1) is 11.3 Å². The predicted molar refractivity (Wildman–Crippen MR) is 149 cm³/mol. The Balaban J connectivity index is 1.47. The van der Waals surface area contributed by atoms with Gasteiger partial charge >= 0.3 is 5.97 Å². The molecule has 2 N–H and O–H groups in total. The van der Waals surface area contributed by atoms with E-state index in [2.05, 4.69) is 36.0 Å². The lowest BCUT2D eigenvalue weighted by Gasteiger charge is -2.37. The first-order chi connectivity index (χ1) is 18.4. The van der Waals surface area contributed by atoms with Crippen LogP contribution in [-0.2, 0) is 9.53 Å². The number of aromatic nitrogens is 1. The van der Waals surface area contributed by atoms with Crippen LogP contribution in [0, 0.1) is 5.82 Å². The molecule has 1 saturated heterocycles. The van der Waals surface area contributed by atoms with Gasteiger partial charge in [-0.1, -0.05) is 28.1 Å². The third kappa shape index (κ3) is 5.74. The van der Waals surface area contributed by atoms with Gasteiger partial charge in [-0.25, -0.2) is 14.2 Å². The van der Waals surface area contributed by atoms with E-state index in [4.69, 9.17) is 9.73 Å². The number of aromatic hydroxyl groups is 1. The van der Waals surface area contributed by atoms with Crippen LogP contribution in [0.15, 0.2) is 74.8 Å². The van der Waals surface area contributed by atoms with E-state index in [-0.39, 0.29) is 18.2 Å². The third-order valence-corrected chi connectivity index (χ3v) is 7.93. The van der Waals surface area contributed by atoms with Gasteiger partial charge in [0.25, 0.3) is 0 Å². The lowest BCUT2D eigenvalue weighted by molar-refractivity contribution is -0.139. The minimum Gasteiger partial charge on any atom is -0.508 e. The number of halogens is 2. The highest BCUT2D eigenvalue weighted by atomic mass is 79.9. The molecule has 0 aliphatic carbocycles. The fraction of sp³-hybridized carbons (Fsp3) is 0.296. The minimum absolute atomic E-state index is 0.221. The summed E-state index contributed by atoms with van der Waals surface area (Å²) in [6.07, 6.45) is 1.71. The molecule has 0 radical (unpaired) electrons. The van der Waals surface area contributed by atoms with Gasteiger partial charge in [-0.2, -0.15) is 0 Å². The Morgan fingerprint density at radius 1 is 1.24 bits per heavy atom. The van der Waals surface area contributed by atoms with E-state index in [1.54, 1.807) is 31.3 Å². The number of carbonyl (C=O) groups is 1. The highest BCUT2D eigenvalue weighted by molar-refractivity contribution is 9.10. The molecule has 198 valence electrons. The number of phenols is 1. The number of piperazine rings is 1. The van der Waals surface area contributed by atoms with E-state index < -0.39 is 12.0 Å². The molecule has 1 unspecified atom stereocenters. The largest absolute Gasteiger partial charge is 0.508 e. The minimum atomic E-state index is -0.701. The Labute approximate surface area is 232 Å². The molecule has 2 aromatic carbocycles. The summed E-state index contributed by atoms with van der Waals surface area (Å²) in [7, 11) is 0. The molecule has 8 nitrogen and oxygen atoms in total. The number of ether oxygens (including phenoxy) is 1. The van der Waals surface area contributed by atoms with Crippen molar-refractivity contribution in [1.82, 2.24) is 15.2 Å². The van der Waals surface area contributed by atoms with E-state index in [1.807, 2.05) is 17.5 Å². The molecule has 11 heteroatoms. The van der Waals surface area contributed by atoms with Crippen LogP contribution >= 0.6 is 27.3 Å². The zero-order valence-electron chi connectivity index (χ0n) is 20.7. The Morgan fingerprint density at radius 2 is 2.05 bits per heavy atom. The summed E-state index contributed by atoms with van der Waals surface area (Å²) < 4.78 is 19.9. The predicted octanol–water partition coefficient (Wildman–Crippen LogP) is 4.48. The van der Waals surface area contributed by atoms with Gasteiger partial charge in [-0.3, -0.25) is 9.89 Å². The summed E-state index contributed by atoms with van der Waals surface area (Å²) in [6, 6.07) is 10.9. The number of thiazole rings is 1. The lowest BCUT2D eigenvalue weighted by Crippen LogP contribution is -2.49. The number of nitrogens with zero attached hydrogens (tertiary/aromatic N) is 4. The van der Waals surface area contributed by atoms with Crippen LogP contribution in [-0.4, -0.2) is 66.1 Å². The van der Waals surface area contributed by atoms with Crippen molar-refractivity contribution in [3.8, 4) is 5.75 Å². The van der Waals surface area contributed by atoms with E-state index in [0.29, 0.717) is 38.7 Å². The molecule has 0 spiro atoms. The number of benzene rings is 2. The van der Waals surface area contributed by atoms with Crippen molar-refractivity contribution in [1.29, 1.82) is 0 Å². The molecule has 2 aliphatic rings. The van der Waals surface area contributed by atoms with Crippen molar-refractivity contribution in [2.75, 3.05) is 44.2 Å². The molecular formula is C27H27BrFN5O3S. The first-order valence-electron chi connectivity index (χ1n) is 12.3. The average molecular weight is 601 g/mol. The van der Waals surface area contributed by atoms with Crippen molar-refractivity contribution >= 4 is 44.8 Å². The van der Waals surface area contributed by atoms with E-state index >= 15 is 0 Å². The first kappa shape index (κ1) is 26.3. The van der Waals surface area contributed by atoms with Crippen molar-refractivity contribution in [3.63, 3.8) is 0 Å². The number of hydrogen-bond donors (Lipinski definition) is 2. The molecule has 5 rings (SSSR count). The molecule has 0 amide bonds. The number of aliphatic imine (C=N–C) groups is 1. The van der Waals surface area contributed by atoms with Crippen molar-refractivity contribution in [3.05, 3.63) is 86.2 Å². The number of amidine groups is 1. The Hall–Kier alpha value is -3.28. The van der Waals surface area contributed by atoms with Crippen LogP contribution in [0.2, 0.25) is 0 Å². The van der Waals surface area contributed by atoms with Gasteiger partial charge in [0.05, 0.1) is 12.2 Å². The summed E-state index contributed by atoms with van der Waals surface area (Å²) in [6.45, 7) is 5.51. The summed E-state index contributed by atoms with van der Waals surface area (Å²) >= 11 is 4.91. The quantitative estimate of drug-likeness (QED) is 0.387. The van der Waals surface area contributed by atoms with Gasteiger partial charge in [0.2, 0.25) is 0 Å². The summed E-state index contributed by atoms with van der Waals surface area (Å²) in [4.78, 5) is 27.1. The molecule has 38 heavy (non-hydrogen) atoms. The van der Waals surface area contributed by atoms with Gasteiger partial charge < -0.3 is 20.1 Å². The van der Waals surface area contributed by atoms with Gasteiger partial charge in [0.15, 0.2) is 10.8 Å². The molecule has 3 heterocycles. The van der Waals surface area contributed by atoms with E-state index in [0.717, 1.165) is 31.9 Å². The molecule has 3 aromatic rings. The van der Waals surface area contributed by atoms with Gasteiger partial charge in [-0.05, 0) is 36.8 Å². The Kier molecular flexibility index (Phi) is 8.06. The summed E-state index contributed by atoms with van der Waals surface area (Å²) in [5.41, 5.74) is 2.73. The number of rotatable bonds is 7. The molecule has 1 aromatic heterocycles. The molecular weight excluding hydrogens is 573 g/mol. The molecule has 0 saturated carbocycles. The van der Waals surface area contributed by atoms with E-state index in [9.17, 15) is 14.3 Å². The number of phenolic OH excluding ortho intramolecular Hbond substituents is 1. The Bertz CT molecular complexity index is 1370. The average Bonchev–Trinajstić information content (AvgIpc) is 3.44. The maximum atomic E-state index is 13.9. The second-order valence-corrected chi connectivity index (χ2v) is 10.7. The van der Waals surface area contributed by atoms with Crippen LogP contribution in [0.3, 0.4) is 0 Å². The standard InChI is InChI=1S/C27H27BrFN5O3S/c1-2-37-27(36)23-22(16-33-9-11-34(12-10-33)18-4-3-5-19(35)15-18)31-25(26-30-8-13-38-26)32-24(23)20-7-6-17(29)14-21(20)28/h3-8,13-15,24,35H,2,9-12,16H2,1H3,(H,31,32). The maximum Gasteiger partial charge on any atom is 0.338 e. The fourth-order valence-electron chi connectivity index (χ4n) is 4.64. The van der Waals surface area contributed by atoms with Crippen LogP contribution in [0.25, 0.3) is 0 Å². The van der Waals surface area contributed by atoms with Crippen LogP contribution in [0.1, 0.15) is 23.5 Å². The monoisotopic (exact) mass is 599 g/mol. The number of carbonyl (C=O) groups excluding carboxylic acids is 1. The van der Waals surface area contributed by atoms with Crippen molar-refractivity contribution in [2.24, 2.45) is 4.99 Å². The molecule has 1 fully saturated rings. The van der Waals surface area contributed by atoms with Gasteiger partial charge in [0.1, 0.15) is 17.6 Å². The zero-order chi connectivity index (χ0) is 26.6. The van der Waals surface area contributed by atoms with E-state index in [1.165, 1.54) is 23.5 Å². The SMILES string of the molecule is CCOC(=O)C1=C(CN2CCN(c3cccc(O)c3)CC2)NC(c2nccs2)=NC1c1ccc(F)cc1Br. The normalized spacial score (nSPS) is 18.2. The summed E-state index contributed by atoms with van der Waals surface area (Å²) in [5, 5.41) is 15.8. The second kappa shape index (κ2) is 11.6. The highest BCUT2D eigenvalue weighted by Gasteiger charge is 2.35. The lowest BCUT2D eigenvalue weighted by atomic mass is 9.95. The van der Waals surface area contributed by atoms with Crippen molar-refractivity contribution < 1.29 is 19.0 Å². The topological polar surface area (TPSA) is 90.3 Å². The number of hydrogen-bond acceptors (Lipinski definition) is 9. The molecule has 1 atom stereocenters. The molecule has 0 bridgehead atoms. The van der Waals surface area contributed by atoms with Gasteiger partial charge in [0, 0.05) is 66.2 Å². The zero-order valence-corrected chi connectivity index (χ0v) is 23.1. The number of esters is 1. The second-order valence-electron chi connectivity index (χ2n) is 8.90. The maximum absolute atomic E-state index is 13.9. The smallest absolute Gasteiger partial charge is 0.338 e. The Morgan fingerprint density at radius 3 is 2.74 bits per heavy atom. The number of nitrogens with one attached hydrogen (secondary N) is 1. The summed E-state index contributed by atoms with van der Waals surface area (Å²) in [5.74, 6) is -0.0445. The molecule has 2 aliphatic heterocycles. The number of anilines is 1. The fourth-order valence-corrected chi connectivity index (χ4v) is 5.80. The van der Waals surface area contributed by atoms with Crippen LogP contribution in [0.4, 0.5) is 10.1 Å². The van der Waals surface area contributed by atoms with Crippen LogP contribution in [0.5, 0.6) is 5.75 Å². The van der Waals surface area contributed by atoms with Crippen molar-refractivity contribution in [2.45, 2.75) is 13.0 Å². The highest BCUT2D eigenvalue weighted by Crippen LogP contribution is 2.37. The third-order valence-electron chi connectivity index (χ3n) is 6.46. The van der Waals surface area contributed by atoms with Crippen LogP contribution < -0.4 is 10.2 Å².